The number of ether oxygens (including phenoxy) is 2. The van der Waals surface area contributed by atoms with Crippen LogP contribution < -0.4 is 15.2 Å². The summed E-state index contributed by atoms with van der Waals surface area (Å²) in [7, 11) is 3.32. The van der Waals surface area contributed by atoms with Crippen LogP contribution in [0.5, 0.6) is 11.5 Å². The third kappa shape index (κ3) is 2.51. The summed E-state index contributed by atoms with van der Waals surface area (Å²) in [5.74, 6) is 2.20. The van der Waals surface area contributed by atoms with Gasteiger partial charge < -0.3 is 15.2 Å². The van der Waals surface area contributed by atoms with Crippen molar-refractivity contribution < 1.29 is 9.47 Å². The van der Waals surface area contributed by atoms with E-state index in [0.29, 0.717) is 5.92 Å². The van der Waals surface area contributed by atoms with Crippen LogP contribution in [-0.4, -0.2) is 19.2 Å². The molecule has 0 spiro atoms. The molecule has 2 aromatic rings. The van der Waals surface area contributed by atoms with Crippen LogP contribution >= 0.6 is 11.3 Å². The van der Waals surface area contributed by atoms with E-state index in [1.807, 2.05) is 23.6 Å². The maximum absolute atomic E-state index is 6.21. The van der Waals surface area contributed by atoms with Gasteiger partial charge in [-0.25, -0.2) is 4.98 Å². The fraction of sp³-hybridized carbons (Fsp3) is 0.400. The Morgan fingerprint density at radius 1 is 1.30 bits per heavy atom. The number of hydrogen-bond donors (Lipinski definition) is 1. The number of nitrogens with two attached hydrogens (primary N) is 1. The number of benzene rings is 1. The van der Waals surface area contributed by atoms with E-state index >= 15 is 0 Å². The highest BCUT2D eigenvalue weighted by atomic mass is 32.1. The van der Waals surface area contributed by atoms with Gasteiger partial charge in [-0.2, -0.15) is 0 Å². The smallest absolute Gasteiger partial charge is 0.128 e. The van der Waals surface area contributed by atoms with Gasteiger partial charge in [0.15, 0.2) is 0 Å². The quantitative estimate of drug-likeness (QED) is 0.918. The summed E-state index contributed by atoms with van der Waals surface area (Å²) in [5.41, 5.74) is 8.05. The molecule has 4 nitrogen and oxygen atoms in total. The van der Waals surface area contributed by atoms with Crippen molar-refractivity contribution in [2.24, 2.45) is 11.7 Å². The van der Waals surface area contributed by atoms with Gasteiger partial charge in [0.25, 0.3) is 0 Å². The Hall–Kier alpha value is -1.59. The monoisotopic (exact) mass is 290 g/mol. The number of aromatic nitrogens is 1. The molecule has 5 heteroatoms. The molecule has 1 aliphatic carbocycles. The number of nitrogens with zero attached hydrogens (tertiary/aromatic N) is 1. The molecule has 106 valence electrons. The molecule has 0 bridgehead atoms. The van der Waals surface area contributed by atoms with Gasteiger partial charge in [0, 0.05) is 10.9 Å². The van der Waals surface area contributed by atoms with E-state index in [9.17, 15) is 0 Å². The Bertz CT molecular complexity index is 608. The Morgan fingerprint density at radius 3 is 2.75 bits per heavy atom. The van der Waals surface area contributed by atoms with Crippen LogP contribution in [0.15, 0.2) is 23.6 Å². The molecule has 1 heterocycles. The van der Waals surface area contributed by atoms with E-state index in [1.165, 1.54) is 12.8 Å². The van der Waals surface area contributed by atoms with Gasteiger partial charge >= 0.3 is 0 Å². The summed E-state index contributed by atoms with van der Waals surface area (Å²) < 4.78 is 10.7. The maximum Gasteiger partial charge on any atom is 0.128 e. The molecular formula is C15H18N2O2S. The van der Waals surface area contributed by atoms with Gasteiger partial charge in [-0.05, 0) is 37.0 Å². The molecule has 0 aliphatic heterocycles. The number of hydrogen-bond acceptors (Lipinski definition) is 5. The lowest BCUT2D eigenvalue weighted by Gasteiger charge is -2.09. The molecule has 1 unspecified atom stereocenters. The summed E-state index contributed by atoms with van der Waals surface area (Å²) in [5, 5.41) is 3.04. The second-order valence-corrected chi connectivity index (χ2v) is 5.89. The van der Waals surface area contributed by atoms with Crippen molar-refractivity contribution in [3.05, 3.63) is 28.6 Å². The predicted molar refractivity (Wildman–Crippen MR) is 80.3 cm³/mol. The van der Waals surface area contributed by atoms with Crippen molar-refractivity contribution in [1.82, 2.24) is 4.98 Å². The molecule has 1 aliphatic rings. The van der Waals surface area contributed by atoms with Crippen LogP contribution in [0.2, 0.25) is 0 Å². The first-order chi connectivity index (χ1) is 9.72. The van der Waals surface area contributed by atoms with Gasteiger partial charge in [0.2, 0.25) is 0 Å². The van der Waals surface area contributed by atoms with Crippen molar-refractivity contribution in [2.75, 3.05) is 14.2 Å². The highest BCUT2D eigenvalue weighted by Gasteiger charge is 2.31. The topological polar surface area (TPSA) is 57.4 Å². The number of methoxy groups -OCH3 is 2. The van der Waals surface area contributed by atoms with Crippen LogP contribution in [0, 0.1) is 5.92 Å². The van der Waals surface area contributed by atoms with Crippen LogP contribution in [0.4, 0.5) is 0 Å². The Morgan fingerprint density at radius 2 is 2.10 bits per heavy atom. The van der Waals surface area contributed by atoms with Gasteiger partial charge in [-0.1, -0.05) is 0 Å². The predicted octanol–water partition coefficient (Wildman–Crippen LogP) is 3.24. The molecule has 1 fully saturated rings. The molecule has 1 saturated carbocycles. The first-order valence-corrected chi connectivity index (χ1v) is 7.54. The van der Waals surface area contributed by atoms with Crippen molar-refractivity contribution in [2.45, 2.75) is 18.9 Å². The number of thiazole rings is 1. The minimum absolute atomic E-state index is 0.0744. The van der Waals surface area contributed by atoms with Gasteiger partial charge in [0.1, 0.15) is 16.5 Å². The van der Waals surface area contributed by atoms with Gasteiger partial charge in [0.05, 0.1) is 26.0 Å². The van der Waals surface area contributed by atoms with Crippen molar-refractivity contribution in [1.29, 1.82) is 0 Å². The largest absolute Gasteiger partial charge is 0.497 e. The summed E-state index contributed by atoms with van der Waals surface area (Å²) in [6, 6.07) is 5.80. The summed E-state index contributed by atoms with van der Waals surface area (Å²) >= 11 is 1.62. The van der Waals surface area contributed by atoms with E-state index in [1.54, 1.807) is 25.6 Å². The normalized spacial score (nSPS) is 15.9. The second-order valence-electron chi connectivity index (χ2n) is 5.00. The second kappa shape index (κ2) is 5.42. The number of rotatable bonds is 5. The summed E-state index contributed by atoms with van der Waals surface area (Å²) in [4.78, 5) is 4.68. The summed E-state index contributed by atoms with van der Waals surface area (Å²) in [6.07, 6.45) is 2.44. The first kappa shape index (κ1) is 13.4. The molecule has 0 amide bonds. The molecule has 0 saturated heterocycles. The van der Waals surface area contributed by atoms with Gasteiger partial charge in [-0.15, -0.1) is 11.3 Å². The zero-order chi connectivity index (χ0) is 14.1. The molecule has 2 N–H and O–H groups in total. The molecule has 3 rings (SSSR count). The van der Waals surface area contributed by atoms with E-state index < -0.39 is 0 Å². The lowest BCUT2D eigenvalue weighted by molar-refractivity contribution is 0.404. The fourth-order valence-corrected chi connectivity index (χ4v) is 3.15. The van der Waals surface area contributed by atoms with E-state index in [-0.39, 0.29) is 6.04 Å². The standard InChI is InChI=1S/C15H18N2O2S/c1-18-10-5-6-13(19-2)11(7-10)12-8-20-15(17-12)14(16)9-3-4-9/h5-9,14H,3-4,16H2,1-2H3. The summed E-state index contributed by atoms with van der Waals surface area (Å²) in [6.45, 7) is 0. The van der Waals surface area contributed by atoms with Crippen LogP contribution in [0.25, 0.3) is 11.3 Å². The van der Waals surface area contributed by atoms with E-state index in [4.69, 9.17) is 15.2 Å². The highest BCUT2D eigenvalue weighted by Crippen LogP contribution is 2.42. The Balaban J connectivity index is 1.95. The SMILES string of the molecule is COc1ccc(OC)c(-c2csc(C(N)C3CC3)n2)c1. The van der Waals surface area contributed by atoms with Crippen LogP contribution in [0.3, 0.4) is 0 Å². The van der Waals surface area contributed by atoms with E-state index in [0.717, 1.165) is 27.8 Å². The zero-order valence-electron chi connectivity index (χ0n) is 11.6. The first-order valence-electron chi connectivity index (χ1n) is 6.66. The third-order valence-electron chi connectivity index (χ3n) is 3.62. The van der Waals surface area contributed by atoms with Gasteiger partial charge in [-0.3, -0.25) is 0 Å². The van der Waals surface area contributed by atoms with Crippen LogP contribution in [0.1, 0.15) is 23.9 Å². The Labute approximate surface area is 122 Å². The minimum Gasteiger partial charge on any atom is -0.497 e. The molecular weight excluding hydrogens is 272 g/mol. The Kier molecular flexibility index (Phi) is 3.63. The average Bonchev–Trinajstić information content (AvgIpc) is 3.22. The molecule has 1 aromatic carbocycles. The van der Waals surface area contributed by atoms with E-state index in [2.05, 4.69) is 4.98 Å². The lowest BCUT2D eigenvalue weighted by Crippen LogP contribution is -2.11. The minimum atomic E-state index is 0.0744. The fourth-order valence-electron chi connectivity index (χ4n) is 2.24. The zero-order valence-corrected chi connectivity index (χ0v) is 12.4. The average molecular weight is 290 g/mol. The van der Waals surface area contributed by atoms with Crippen molar-refractivity contribution in [3.8, 4) is 22.8 Å². The molecule has 1 atom stereocenters. The van der Waals surface area contributed by atoms with Crippen LogP contribution in [-0.2, 0) is 0 Å². The van der Waals surface area contributed by atoms with Crippen molar-refractivity contribution >= 4 is 11.3 Å². The van der Waals surface area contributed by atoms with Crippen molar-refractivity contribution in [3.63, 3.8) is 0 Å². The highest BCUT2D eigenvalue weighted by molar-refractivity contribution is 7.10. The lowest BCUT2D eigenvalue weighted by atomic mass is 10.1. The maximum atomic E-state index is 6.21. The third-order valence-corrected chi connectivity index (χ3v) is 4.57. The molecule has 20 heavy (non-hydrogen) atoms. The molecule has 0 radical (unpaired) electrons. The molecule has 1 aromatic heterocycles.